The van der Waals surface area contributed by atoms with Gasteiger partial charge in [0.15, 0.2) is 5.78 Å². The SMILES string of the molecule is CCSCC(=O)c1ccc(O)cc1O. The predicted octanol–water partition coefficient (Wildman–Crippen LogP) is 2.03. The van der Waals surface area contributed by atoms with E-state index in [2.05, 4.69) is 0 Å². The molecule has 0 unspecified atom stereocenters. The fourth-order valence-corrected chi connectivity index (χ4v) is 1.57. The molecule has 76 valence electrons. The molecule has 0 saturated carbocycles. The number of phenolic OH excluding ortho intramolecular Hbond substituents is 2. The van der Waals surface area contributed by atoms with Crippen molar-refractivity contribution in [2.75, 3.05) is 11.5 Å². The van der Waals surface area contributed by atoms with Gasteiger partial charge in [-0.2, -0.15) is 11.8 Å². The Hall–Kier alpha value is -1.16. The van der Waals surface area contributed by atoms with Crippen LogP contribution >= 0.6 is 11.8 Å². The molecule has 0 atom stereocenters. The van der Waals surface area contributed by atoms with E-state index in [9.17, 15) is 9.90 Å². The lowest BCUT2D eigenvalue weighted by molar-refractivity contribution is 0.102. The first-order valence-corrected chi connectivity index (χ1v) is 5.43. The molecule has 14 heavy (non-hydrogen) atoms. The van der Waals surface area contributed by atoms with Crippen LogP contribution in [-0.4, -0.2) is 27.5 Å². The van der Waals surface area contributed by atoms with Crippen molar-refractivity contribution < 1.29 is 15.0 Å². The molecule has 1 aromatic carbocycles. The van der Waals surface area contributed by atoms with Crippen LogP contribution in [0.2, 0.25) is 0 Å². The van der Waals surface area contributed by atoms with E-state index < -0.39 is 0 Å². The van der Waals surface area contributed by atoms with Gasteiger partial charge in [-0.3, -0.25) is 4.79 Å². The van der Waals surface area contributed by atoms with Gasteiger partial charge in [-0.05, 0) is 17.9 Å². The van der Waals surface area contributed by atoms with E-state index in [4.69, 9.17) is 5.11 Å². The van der Waals surface area contributed by atoms with E-state index in [1.165, 1.54) is 30.0 Å². The molecule has 0 bridgehead atoms. The summed E-state index contributed by atoms with van der Waals surface area (Å²) in [7, 11) is 0. The number of carbonyl (C=O) groups is 1. The Kier molecular flexibility index (Phi) is 3.83. The lowest BCUT2D eigenvalue weighted by atomic mass is 10.1. The number of phenols is 2. The minimum atomic E-state index is -0.160. The summed E-state index contributed by atoms with van der Waals surface area (Å²) in [6.07, 6.45) is 0. The fraction of sp³-hybridized carbons (Fsp3) is 0.300. The van der Waals surface area contributed by atoms with Crippen molar-refractivity contribution in [1.29, 1.82) is 0 Å². The van der Waals surface area contributed by atoms with Gasteiger partial charge in [0.2, 0.25) is 0 Å². The second-order valence-electron chi connectivity index (χ2n) is 2.76. The van der Waals surface area contributed by atoms with Crippen LogP contribution in [0, 0.1) is 0 Å². The van der Waals surface area contributed by atoms with Crippen molar-refractivity contribution in [1.82, 2.24) is 0 Å². The second kappa shape index (κ2) is 4.91. The van der Waals surface area contributed by atoms with E-state index >= 15 is 0 Å². The van der Waals surface area contributed by atoms with Gasteiger partial charge in [0.05, 0.1) is 11.3 Å². The van der Waals surface area contributed by atoms with Gasteiger partial charge in [0, 0.05) is 6.07 Å². The summed E-state index contributed by atoms with van der Waals surface area (Å²) >= 11 is 1.50. The minimum Gasteiger partial charge on any atom is -0.508 e. The highest BCUT2D eigenvalue weighted by Gasteiger charge is 2.10. The van der Waals surface area contributed by atoms with Crippen molar-refractivity contribution >= 4 is 17.5 Å². The molecule has 0 spiro atoms. The monoisotopic (exact) mass is 212 g/mol. The van der Waals surface area contributed by atoms with Gasteiger partial charge in [0.25, 0.3) is 0 Å². The van der Waals surface area contributed by atoms with Gasteiger partial charge in [-0.25, -0.2) is 0 Å². The van der Waals surface area contributed by atoms with Crippen molar-refractivity contribution in [3.05, 3.63) is 23.8 Å². The molecule has 0 aliphatic heterocycles. The maximum Gasteiger partial charge on any atom is 0.176 e. The van der Waals surface area contributed by atoms with Crippen LogP contribution in [0.4, 0.5) is 0 Å². The number of hydrogen-bond acceptors (Lipinski definition) is 4. The van der Waals surface area contributed by atoms with Crippen molar-refractivity contribution in [3.8, 4) is 11.5 Å². The third-order valence-corrected chi connectivity index (χ3v) is 2.59. The molecule has 0 aromatic heterocycles. The molecule has 1 rings (SSSR count). The molecule has 2 N–H and O–H groups in total. The number of Topliss-reactive ketones (excluding diaryl/α,β-unsaturated/α-hetero) is 1. The van der Waals surface area contributed by atoms with Crippen molar-refractivity contribution in [3.63, 3.8) is 0 Å². The number of rotatable bonds is 4. The van der Waals surface area contributed by atoms with E-state index in [0.717, 1.165) is 5.75 Å². The first kappa shape index (κ1) is 10.9. The van der Waals surface area contributed by atoms with Crippen molar-refractivity contribution in [2.24, 2.45) is 0 Å². The molecule has 3 nitrogen and oxygen atoms in total. The smallest absolute Gasteiger partial charge is 0.176 e. The Morgan fingerprint density at radius 3 is 2.71 bits per heavy atom. The van der Waals surface area contributed by atoms with Gasteiger partial charge >= 0.3 is 0 Å². The molecule has 0 amide bonds. The van der Waals surface area contributed by atoms with Crippen LogP contribution in [0.1, 0.15) is 17.3 Å². The van der Waals surface area contributed by atoms with Crippen LogP contribution in [0.5, 0.6) is 11.5 Å². The lowest BCUT2D eigenvalue weighted by Crippen LogP contribution is -2.02. The molecule has 0 aliphatic carbocycles. The van der Waals surface area contributed by atoms with E-state index in [-0.39, 0.29) is 22.8 Å². The van der Waals surface area contributed by atoms with Gasteiger partial charge < -0.3 is 10.2 Å². The molecule has 0 fully saturated rings. The van der Waals surface area contributed by atoms with Crippen LogP contribution < -0.4 is 0 Å². The Morgan fingerprint density at radius 1 is 1.43 bits per heavy atom. The third kappa shape index (κ3) is 2.67. The minimum absolute atomic E-state index is 0.0396. The summed E-state index contributed by atoms with van der Waals surface area (Å²) in [4.78, 5) is 11.5. The Bertz CT molecular complexity index is 336. The zero-order chi connectivity index (χ0) is 10.6. The molecule has 0 saturated heterocycles. The van der Waals surface area contributed by atoms with Crippen LogP contribution in [0.25, 0.3) is 0 Å². The number of aromatic hydroxyl groups is 2. The topological polar surface area (TPSA) is 57.5 Å². The molecular weight excluding hydrogens is 200 g/mol. The van der Waals surface area contributed by atoms with Gasteiger partial charge in [0.1, 0.15) is 11.5 Å². The lowest BCUT2D eigenvalue weighted by Gasteiger charge is -2.03. The zero-order valence-electron chi connectivity index (χ0n) is 7.86. The third-order valence-electron chi connectivity index (χ3n) is 1.72. The van der Waals surface area contributed by atoms with Crippen LogP contribution in [0.3, 0.4) is 0 Å². The number of ketones is 1. The second-order valence-corrected chi connectivity index (χ2v) is 4.04. The largest absolute Gasteiger partial charge is 0.508 e. The standard InChI is InChI=1S/C10H12O3S/c1-2-14-6-10(13)8-4-3-7(11)5-9(8)12/h3-5,11-12H,2,6H2,1H3. The first-order valence-electron chi connectivity index (χ1n) is 4.28. The number of thioether (sulfide) groups is 1. The predicted molar refractivity (Wildman–Crippen MR) is 57.1 cm³/mol. The Labute approximate surface area is 86.8 Å². The van der Waals surface area contributed by atoms with Gasteiger partial charge in [-0.1, -0.05) is 6.92 Å². The molecule has 4 heteroatoms. The van der Waals surface area contributed by atoms with E-state index in [1.54, 1.807) is 0 Å². The molecule has 0 heterocycles. The highest BCUT2D eigenvalue weighted by molar-refractivity contribution is 7.99. The summed E-state index contributed by atoms with van der Waals surface area (Å²) in [5.41, 5.74) is 0.267. The summed E-state index contributed by atoms with van der Waals surface area (Å²) in [6, 6.07) is 4.00. The molecule has 1 aromatic rings. The summed E-state index contributed by atoms with van der Waals surface area (Å²) in [6.45, 7) is 1.97. The number of hydrogen-bond donors (Lipinski definition) is 2. The zero-order valence-corrected chi connectivity index (χ0v) is 8.67. The van der Waals surface area contributed by atoms with Crippen LogP contribution in [-0.2, 0) is 0 Å². The summed E-state index contributed by atoms with van der Waals surface area (Å²) in [5.74, 6) is 0.905. The molecule has 0 radical (unpaired) electrons. The maximum absolute atomic E-state index is 11.5. The fourth-order valence-electron chi connectivity index (χ4n) is 1.03. The quantitative estimate of drug-likeness (QED) is 0.750. The average molecular weight is 212 g/mol. The Morgan fingerprint density at radius 2 is 2.14 bits per heavy atom. The van der Waals surface area contributed by atoms with Gasteiger partial charge in [-0.15, -0.1) is 0 Å². The van der Waals surface area contributed by atoms with E-state index in [0.29, 0.717) is 5.75 Å². The number of carbonyl (C=O) groups excluding carboxylic acids is 1. The highest BCUT2D eigenvalue weighted by atomic mass is 32.2. The maximum atomic E-state index is 11.5. The average Bonchev–Trinajstić information content (AvgIpc) is 2.14. The number of benzene rings is 1. The molecule has 0 aliphatic rings. The van der Waals surface area contributed by atoms with Crippen LogP contribution in [0.15, 0.2) is 18.2 Å². The Balaban J connectivity index is 2.80. The molecular formula is C10H12O3S. The highest BCUT2D eigenvalue weighted by Crippen LogP contribution is 2.23. The first-order chi connectivity index (χ1) is 6.65. The van der Waals surface area contributed by atoms with Crippen molar-refractivity contribution in [2.45, 2.75) is 6.92 Å². The summed E-state index contributed by atoms with van der Waals surface area (Å²) in [5, 5.41) is 18.4. The normalized spacial score (nSPS) is 10.1. The summed E-state index contributed by atoms with van der Waals surface area (Å²) < 4.78 is 0. The van der Waals surface area contributed by atoms with E-state index in [1.807, 2.05) is 6.92 Å².